The van der Waals surface area contributed by atoms with E-state index in [0.717, 1.165) is 5.82 Å². The highest BCUT2D eigenvalue weighted by atomic mass is 19.1. The molecule has 0 bridgehead atoms. The minimum absolute atomic E-state index is 0.0888. The predicted molar refractivity (Wildman–Crippen MR) is 91.5 cm³/mol. The van der Waals surface area contributed by atoms with Crippen LogP contribution in [0.4, 0.5) is 10.2 Å². The number of benzene rings is 1. The summed E-state index contributed by atoms with van der Waals surface area (Å²) in [7, 11) is 0. The van der Waals surface area contributed by atoms with Gasteiger partial charge < -0.3 is 14.5 Å². The molecule has 0 aliphatic carbocycles. The van der Waals surface area contributed by atoms with Crippen LogP contribution in [0.15, 0.2) is 42.7 Å². The quantitative estimate of drug-likeness (QED) is 0.694. The van der Waals surface area contributed by atoms with Crippen molar-refractivity contribution in [2.24, 2.45) is 0 Å². The highest BCUT2D eigenvalue weighted by Gasteiger charge is 2.22. The number of halogens is 1. The molecule has 9 heteroatoms. The minimum atomic E-state index is -0.472. The molecule has 1 amide bonds. The van der Waals surface area contributed by atoms with Gasteiger partial charge in [-0.1, -0.05) is 12.1 Å². The van der Waals surface area contributed by atoms with Gasteiger partial charge in [-0.2, -0.15) is 4.52 Å². The van der Waals surface area contributed by atoms with Crippen molar-refractivity contribution < 1.29 is 13.9 Å². The molecule has 4 rings (SSSR count). The van der Waals surface area contributed by atoms with Gasteiger partial charge in [-0.3, -0.25) is 4.79 Å². The number of rotatable bonds is 4. The minimum Gasteiger partial charge on any atom is -0.481 e. The Balaban J connectivity index is 1.32. The number of fused-ring (bicyclic) bond motifs is 1. The number of carbonyl (C=O) groups excluding carboxylic acids is 1. The van der Waals surface area contributed by atoms with Crippen molar-refractivity contribution in [3.05, 3.63) is 48.5 Å². The monoisotopic (exact) mass is 356 g/mol. The molecule has 0 atom stereocenters. The van der Waals surface area contributed by atoms with Gasteiger partial charge in [0.15, 0.2) is 23.8 Å². The number of amides is 1. The van der Waals surface area contributed by atoms with Gasteiger partial charge in [-0.15, -0.1) is 15.3 Å². The molecule has 0 spiro atoms. The zero-order chi connectivity index (χ0) is 17.9. The molecule has 1 saturated heterocycles. The normalized spacial score (nSPS) is 14.7. The number of hydrogen-bond donors (Lipinski definition) is 0. The summed E-state index contributed by atoms with van der Waals surface area (Å²) in [5.74, 6) is 0.272. The first kappa shape index (κ1) is 16.2. The maximum Gasteiger partial charge on any atom is 0.260 e. The second-order valence-electron chi connectivity index (χ2n) is 5.91. The van der Waals surface area contributed by atoms with Crippen LogP contribution in [0.3, 0.4) is 0 Å². The third kappa shape index (κ3) is 3.28. The standard InChI is InChI=1S/C17H17FN6O2/c18-13-3-1-2-4-14(13)26-11-17(25)23-9-7-22(8-10-23)16-6-5-15-20-19-12-24(15)21-16/h1-6,12H,7-11H2. The zero-order valence-electron chi connectivity index (χ0n) is 14.0. The van der Waals surface area contributed by atoms with Gasteiger partial charge in [0.05, 0.1) is 0 Å². The van der Waals surface area contributed by atoms with Crippen molar-refractivity contribution in [1.82, 2.24) is 24.7 Å². The molecule has 0 N–H and O–H groups in total. The van der Waals surface area contributed by atoms with Crippen molar-refractivity contribution in [2.45, 2.75) is 0 Å². The molecule has 3 heterocycles. The topological polar surface area (TPSA) is 75.9 Å². The van der Waals surface area contributed by atoms with Crippen molar-refractivity contribution in [3.8, 4) is 5.75 Å². The van der Waals surface area contributed by atoms with E-state index >= 15 is 0 Å². The number of carbonyl (C=O) groups is 1. The number of ether oxygens (including phenoxy) is 1. The molecular weight excluding hydrogens is 339 g/mol. The van der Waals surface area contributed by atoms with E-state index in [1.54, 1.807) is 27.9 Å². The number of hydrogen-bond acceptors (Lipinski definition) is 6. The lowest BCUT2D eigenvalue weighted by Crippen LogP contribution is -2.50. The summed E-state index contributed by atoms with van der Waals surface area (Å²) < 4.78 is 20.4. The summed E-state index contributed by atoms with van der Waals surface area (Å²) in [6.07, 6.45) is 1.55. The summed E-state index contributed by atoms with van der Waals surface area (Å²) in [6.45, 7) is 2.26. The summed E-state index contributed by atoms with van der Waals surface area (Å²) in [5, 5.41) is 12.2. The maximum absolute atomic E-state index is 13.5. The average molecular weight is 356 g/mol. The van der Waals surface area contributed by atoms with Crippen LogP contribution in [0.2, 0.25) is 0 Å². The van der Waals surface area contributed by atoms with Crippen LogP contribution in [-0.4, -0.2) is 63.4 Å². The molecule has 3 aromatic rings. The Morgan fingerprint density at radius 1 is 1.12 bits per heavy atom. The van der Waals surface area contributed by atoms with Gasteiger partial charge in [0.2, 0.25) is 0 Å². The van der Waals surface area contributed by atoms with E-state index < -0.39 is 5.82 Å². The van der Waals surface area contributed by atoms with Gasteiger partial charge in [-0.25, -0.2) is 4.39 Å². The molecule has 26 heavy (non-hydrogen) atoms. The molecule has 1 aliphatic rings. The molecule has 2 aromatic heterocycles. The van der Waals surface area contributed by atoms with Crippen molar-refractivity contribution >= 4 is 17.4 Å². The fourth-order valence-corrected chi connectivity index (χ4v) is 2.86. The predicted octanol–water partition coefficient (Wildman–Crippen LogP) is 0.991. The molecule has 0 radical (unpaired) electrons. The van der Waals surface area contributed by atoms with Crippen LogP contribution in [-0.2, 0) is 4.79 Å². The Morgan fingerprint density at radius 3 is 2.73 bits per heavy atom. The molecule has 1 aromatic carbocycles. The maximum atomic E-state index is 13.5. The Kier molecular flexibility index (Phi) is 4.34. The van der Waals surface area contributed by atoms with Crippen molar-refractivity contribution in [2.75, 3.05) is 37.7 Å². The number of piperazine rings is 1. The van der Waals surface area contributed by atoms with E-state index in [0.29, 0.717) is 31.8 Å². The molecule has 8 nitrogen and oxygen atoms in total. The van der Waals surface area contributed by atoms with Gasteiger partial charge in [0.1, 0.15) is 12.1 Å². The lowest BCUT2D eigenvalue weighted by atomic mass is 10.3. The highest BCUT2D eigenvalue weighted by molar-refractivity contribution is 5.78. The molecule has 0 saturated carbocycles. The second kappa shape index (κ2) is 6.95. The van der Waals surface area contributed by atoms with Crippen LogP contribution in [0.1, 0.15) is 0 Å². The Hall–Kier alpha value is -3.23. The fraction of sp³-hybridized carbons (Fsp3) is 0.294. The van der Waals surface area contributed by atoms with Gasteiger partial charge in [0.25, 0.3) is 5.91 Å². The number of anilines is 1. The van der Waals surface area contributed by atoms with Gasteiger partial charge in [0, 0.05) is 26.2 Å². The first-order valence-corrected chi connectivity index (χ1v) is 8.28. The van der Waals surface area contributed by atoms with E-state index in [9.17, 15) is 9.18 Å². The van der Waals surface area contributed by atoms with E-state index in [1.807, 2.05) is 12.1 Å². The van der Waals surface area contributed by atoms with E-state index in [2.05, 4.69) is 20.2 Å². The zero-order valence-corrected chi connectivity index (χ0v) is 14.0. The Bertz CT molecular complexity index is 922. The van der Waals surface area contributed by atoms with Crippen LogP contribution >= 0.6 is 0 Å². The molecule has 1 fully saturated rings. The summed E-state index contributed by atoms with van der Waals surface area (Å²) >= 11 is 0. The summed E-state index contributed by atoms with van der Waals surface area (Å²) in [4.78, 5) is 16.1. The number of para-hydroxylation sites is 1. The van der Waals surface area contributed by atoms with E-state index in [4.69, 9.17) is 4.74 Å². The Labute approximate surface area is 148 Å². The van der Waals surface area contributed by atoms with Crippen LogP contribution < -0.4 is 9.64 Å². The van der Waals surface area contributed by atoms with E-state index in [-0.39, 0.29) is 18.3 Å². The third-order valence-electron chi connectivity index (χ3n) is 4.29. The largest absolute Gasteiger partial charge is 0.481 e. The van der Waals surface area contributed by atoms with Crippen LogP contribution in [0.25, 0.3) is 5.65 Å². The van der Waals surface area contributed by atoms with Gasteiger partial charge in [-0.05, 0) is 24.3 Å². The fourth-order valence-electron chi connectivity index (χ4n) is 2.86. The average Bonchev–Trinajstić information content (AvgIpc) is 3.15. The summed E-state index contributed by atoms with van der Waals surface area (Å²) in [5.41, 5.74) is 0.688. The second-order valence-corrected chi connectivity index (χ2v) is 5.91. The van der Waals surface area contributed by atoms with E-state index in [1.165, 1.54) is 12.1 Å². The molecule has 1 aliphatic heterocycles. The van der Waals surface area contributed by atoms with Crippen LogP contribution in [0, 0.1) is 5.82 Å². The SMILES string of the molecule is O=C(COc1ccccc1F)N1CCN(c2ccc3nncn3n2)CC1. The first-order chi connectivity index (χ1) is 12.7. The smallest absolute Gasteiger partial charge is 0.260 e. The third-order valence-corrected chi connectivity index (χ3v) is 4.29. The summed E-state index contributed by atoms with van der Waals surface area (Å²) in [6, 6.07) is 9.80. The molecule has 134 valence electrons. The highest BCUT2D eigenvalue weighted by Crippen LogP contribution is 2.16. The van der Waals surface area contributed by atoms with Crippen molar-refractivity contribution in [3.63, 3.8) is 0 Å². The Morgan fingerprint density at radius 2 is 1.92 bits per heavy atom. The van der Waals surface area contributed by atoms with Gasteiger partial charge >= 0.3 is 0 Å². The lowest BCUT2D eigenvalue weighted by Gasteiger charge is -2.35. The van der Waals surface area contributed by atoms with Crippen molar-refractivity contribution in [1.29, 1.82) is 0 Å². The molecule has 0 unspecified atom stereocenters. The number of aromatic nitrogens is 4. The van der Waals surface area contributed by atoms with Crippen LogP contribution in [0.5, 0.6) is 5.75 Å². The first-order valence-electron chi connectivity index (χ1n) is 8.28. The lowest BCUT2D eigenvalue weighted by molar-refractivity contribution is -0.133. The number of nitrogens with zero attached hydrogens (tertiary/aromatic N) is 6. The molecular formula is C17H17FN6O2.